The number of carbonyl (C=O) groups is 2. The Morgan fingerprint density at radius 3 is 2.63 bits per heavy atom. The summed E-state index contributed by atoms with van der Waals surface area (Å²) in [6.07, 6.45) is -0.492. The van der Waals surface area contributed by atoms with Crippen LogP contribution in [0.25, 0.3) is 0 Å². The molecule has 0 radical (unpaired) electrons. The minimum Gasteiger partial charge on any atom is -0.550 e. The van der Waals surface area contributed by atoms with E-state index in [0.29, 0.717) is 0 Å². The normalized spacial score (nSPS) is 9.53. The molecular formula is C12H14N3O3S-. The van der Waals surface area contributed by atoms with Crippen LogP contribution in [0.2, 0.25) is 0 Å². The SMILES string of the molecule is Cc1cccc(NC(=S)NNC(=O)CCC(=O)[O-])c1. The number of aryl methyl sites for hydroxylation is 1. The Kier molecular flexibility index (Phi) is 5.74. The van der Waals surface area contributed by atoms with Crippen LogP contribution < -0.4 is 21.3 Å². The number of carboxylic acid groups (broad SMARTS) is 1. The predicted molar refractivity (Wildman–Crippen MR) is 72.9 cm³/mol. The zero-order chi connectivity index (χ0) is 14.3. The van der Waals surface area contributed by atoms with E-state index in [2.05, 4.69) is 16.2 Å². The van der Waals surface area contributed by atoms with Gasteiger partial charge in [-0.05, 0) is 43.3 Å². The van der Waals surface area contributed by atoms with Crippen molar-refractivity contribution in [3.63, 3.8) is 0 Å². The van der Waals surface area contributed by atoms with E-state index in [-0.39, 0.29) is 18.0 Å². The molecule has 0 saturated carbocycles. The fraction of sp³-hybridized carbons (Fsp3) is 0.250. The molecular weight excluding hydrogens is 266 g/mol. The van der Waals surface area contributed by atoms with Gasteiger partial charge >= 0.3 is 0 Å². The first kappa shape index (κ1) is 14.9. The third kappa shape index (κ3) is 6.37. The van der Waals surface area contributed by atoms with Gasteiger partial charge < -0.3 is 15.2 Å². The van der Waals surface area contributed by atoms with Crippen molar-refractivity contribution in [3.8, 4) is 0 Å². The summed E-state index contributed by atoms with van der Waals surface area (Å²) in [4.78, 5) is 21.4. The average molecular weight is 280 g/mol. The van der Waals surface area contributed by atoms with Gasteiger partial charge in [-0.25, -0.2) is 0 Å². The predicted octanol–water partition coefficient (Wildman–Crippen LogP) is -0.157. The van der Waals surface area contributed by atoms with Crippen LogP contribution in [0.4, 0.5) is 5.69 Å². The molecule has 0 heterocycles. The Labute approximate surface area is 116 Å². The molecule has 0 aliphatic carbocycles. The highest BCUT2D eigenvalue weighted by atomic mass is 32.1. The Hall–Kier alpha value is -2.15. The maximum absolute atomic E-state index is 11.2. The molecule has 0 aliphatic rings. The third-order valence-corrected chi connectivity index (χ3v) is 2.35. The van der Waals surface area contributed by atoms with Crippen LogP contribution in [0.1, 0.15) is 18.4 Å². The number of hydrogen-bond donors (Lipinski definition) is 3. The number of rotatable bonds is 4. The van der Waals surface area contributed by atoms with E-state index in [1.807, 2.05) is 31.2 Å². The van der Waals surface area contributed by atoms with Crippen LogP contribution in [0.5, 0.6) is 0 Å². The zero-order valence-corrected chi connectivity index (χ0v) is 11.2. The number of nitrogens with one attached hydrogen (secondary N) is 3. The molecule has 0 aromatic heterocycles. The van der Waals surface area contributed by atoms with Gasteiger partial charge in [0.05, 0.1) is 0 Å². The second-order valence-corrected chi connectivity index (χ2v) is 4.28. The van der Waals surface area contributed by atoms with Crippen LogP contribution >= 0.6 is 12.2 Å². The lowest BCUT2D eigenvalue weighted by atomic mass is 10.2. The summed E-state index contributed by atoms with van der Waals surface area (Å²) in [5, 5.41) is 13.3. The summed E-state index contributed by atoms with van der Waals surface area (Å²) < 4.78 is 0. The summed E-state index contributed by atoms with van der Waals surface area (Å²) >= 11 is 4.97. The lowest BCUT2D eigenvalue weighted by molar-refractivity contribution is -0.305. The third-order valence-electron chi connectivity index (χ3n) is 2.15. The number of amides is 1. The molecule has 0 fully saturated rings. The van der Waals surface area contributed by atoms with Crippen LogP contribution in [0.15, 0.2) is 24.3 Å². The van der Waals surface area contributed by atoms with E-state index in [9.17, 15) is 14.7 Å². The van der Waals surface area contributed by atoms with Gasteiger partial charge in [0.2, 0.25) is 5.91 Å². The highest BCUT2D eigenvalue weighted by Gasteiger charge is 2.02. The van der Waals surface area contributed by atoms with Gasteiger partial charge in [0, 0.05) is 18.1 Å². The van der Waals surface area contributed by atoms with E-state index in [1.54, 1.807) is 0 Å². The monoisotopic (exact) mass is 280 g/mol. The maximum Gasteiger partial charge on any atom is 0.238 e. The van der Waals surface area contributed by atoms with Gasteiger partial charge in [0.1, 0.15) is 0 Å². The number of anilines is 1. The quantitative estimate of drug-likeness (QED) is 0.524. The van der Waals surface area contributed by atoms with Crippen molar-refractivity contribution in [3.05, 3.63) is 29.8 Å². The fourth-order valence-electron chi connectivity index (χ4n) is 1.29. The topological polar surface area (TPSA) is 93.3 Å². The molecule has 102 valence electrons. The second kappa shape index (κ2) is 7.32. The van der Waals surface area contributed by atoms with Crippen LogP contribution in [-0.2, 0) is 9.59 Å². The molecule has 0 saturated heterocycles. The molecule has 1 aromatic carbocycles. The standard InChI is InChI=1S/C12H15N3O3S/c1-8-3-2-4-9(7-8)13-12(19)15-14-10(16)5-6-11(17)18/h2-4,7H,5-6H2,1H3,(H,14,16)(H,17,18)(H2,13,15,19)/p-1. The van der Waals surface area contributed by atoms with E-state index in [1.165, 1.54) is 0 Å². The first-order chi connectivity index (χ1) is 8.97. The van der Waals surface area contributed by atoms with Crippen LogP contribution in [-0.4, -0.2) is 17.0 Å². The van der Waals surface area contributed by atoms with Gasteiger partial charge in [0.15, 0.2) is 5.11 Å². The summed E-state index contributed by atoms with van der Waals surface area (Å²) in [7, 11) is 0. The molecule has 19 heavy (non-hydrogen) atoms. The Balaban J connectivity index is 2.32. The Morgan fingerprint density at radius 1 is 1.26 bits per heavy atom. The van der Waals surface area contributed by atoms with E-state index in [4.69, 9.17) is 12.2 Å². The molecule has 0 spiro atoms. The molecule has 3 N–H and O–H groups in total. The Morgan fingerprint density at radius 2 is 2.00 bits per heavy atom. The molecule has 1 amide bonds. The number of thiocarbonyl (C=S) groups is 1. The number of carbonyl (C=O) groups excluding carboxylic acids is 2. The molecule has 6 nitrogen and oxygen atoms in total. The molecule has 0 atom stereocenters. The molecule has 0 bridgehead atoms. The molecule has 0 aliphatic heterocycles. The summed E-state index contributed by atoms with van der Waals surface area (Å²) in [6, 6.07) is 7.55. The van der Waals surface area contributed by atoms with E-state index >= 15 is 0 Å². The van der Waals surface area contributed by atoms with Crippen LogP contribution in [0.3, 0.4) is 0 Å². The van der Waals surface area contributed by atoms with Gasteiger partial charge in [-0.3, -0.25) is 15.6 Å². The minimum absolute atomic E-state index is 0.164. The van der Waals surface area contributed by atoms with Crippen molar-refractivity contribution in [1.29, 1.82) is 0 Å². The smallest absolute Gasteiger partial charge is 0.238 e. The van der Waals surface area contributed by atoms with Gasteiger partial charge in [-0.1, -0.05) is 12.1 Å². The largest absolute Gasteiger partial charge is 0.550 e. The molecule has 1 rings (SSSR count). The maximum atomic E-state index is 11.2. The summed E-state index contributed by atoms with van der Waals surface area (Å²) in [5.41, 5.74) is 6.64. The number of hydrogen-bond acceptors (Lipinski definition) is 4. The van der Waals surface area contributed by atoms with Gasteiger partial charge in [-0.15, -0.1) is 0 Å². The molecule has 1 aromatic rings. The molecule has 0 unspecified atom stereocenters. The van der Waals surface area contributed by atoms with Crippen LogP contribution in [0, 0.1) is 6.92 Å². The fourth-order valence-corrected chi connectivity index (χ4v) is 1.46. The number of aliphatic carboxylic acids is 1. The Bertz CT molecular complexity index is 491. The van der Waals surface area contributed by atoms with Crippen molar-refractivity contribution in [1.82, 2.24) is 10.9 Å². The first-order valence-electron chi connectivity index (χ1n) is 5.59. The van der Waals surface area contributed by atoms with E-state index < -0.39 is 11.9 Å². The lowest BCUT2D eigenvalue weighted by Gasteiger charge is -2.12. The first-order valence-corrected chi connectivity index (χ1v) is 6.00. The minimum atomic E-state index is -1.27. The highest BCUT2D eigenvalue weighted by molar-refractivity contribution is 7.80. The van der Waals surface area contributed by atoms with Crippen molar-refractivity contribution in [2.24, 2.45) is 0 Å². The summed E-state index contributed by atoms with van der Waals surface area (Å²) in [5.74, 6) is -1.74. The molecule has 7 heteroatoms. The highest BCUT2D eigenvalue weighted by Crippen LogP contribution is 2.08. The van der Waals surface area contributed by atoms with Crippen molar-refractivity contribution < 1.29 is 14.7 Å². The lowest BCUT2D eigenvalue weighted by Crippen LogP contribution is -2.44. The summed E-state index contributed by atoms with van der Waals surface area (Å²) in [6.45, 7) is 1.95. The van der Waals surface area contributed by atoms with E-state index in [0.717, 1.165) is 11.3 Å². The van der Waals surface area contributed by atoms with Gasteiger partial charge in [0.25, 0.3) is 0 Å². The van der Waals surface area contributed by atoms with Crippen molar-refractivity contribution in [2.75, 3.05) is 5.32 Å². The zero-order valence-electron chi connectivity index (χ0n) is 10.4. The number of carboxylic acids is 1. The average Bonchev–Trinajstić information content (AvgIpc) is 2.34. The van der Waals surface area contributed by atoms with Gasteiger partial charge in [-0.2, -0.15) is 0 Å². The van der Waals surface area contributed by atoms with Crippen molar-refractivity contribution in [2.45, 2.75) is 19.8 Å². The number of hydrazine groups is 1. The number of benzene rings is 1. The second-order valence-electron chi connectivity index (χ2n) is 3.87. The van der Waals surface area contributed by atoms with Crippen molar-refractivity contribution >= 4 is 34.9 Å².